The maximum absolute atomic E-state index is 12.0. The predicted molar refractivity (Wildman–Crippen MR) is 73.2 cm³/mol. The van der Waals surface area contributed by atoms with E-state index in [1.54, 1.807) is 18.2 Å². The average molecular weight is 265 g/mol. The molecule has 4 heteroatoms. The molecular weight excluding hydrogens is 254 g/mol. The second-order valence-corrected chi connectivity index (χ2v) is 4.52. The molecule has 1 aromatic heterocycles. The third-order valence-corrected chi connectivity index (χ3v) is 3.21. The molecule has 0 aliphatic carbocycles. The van der Waals surface area contributed by atoms with E-state index in [9.17, 15) is 4.79 Å². The molecule has 3 rings (SSSR count). The first-order chi connectivity index (χ1) is 9.79. The van der Waals surface area contributed by atoms with E-state index in [0.717, 1.165) is 6.42 Å². The third kappa shape index (κ3) is 2.18. The van der Waals surface area contributed by atoms with E-state index in [-0.39, 0.29) is 5.63 Å². The van der Waals surface area contributed by atoms with E-state index in [2.05, 4.69) is 17.9 Å². The smallest absolute Gasteiger partial charge is 0.343 e. The normalized spacial score (nSPS) is 14.2. The third-order valence-electron chi connectivity index (χ3n) is 3.21. The van der Waals surface area contributed by atoms with Crippen LogP contribution in [0.15, 0.2) is 27.4 Å². The first-order valence-electron chi connectivity index (χ1n) is 6.36. The average Bonchev–Trinajstić information content (AvgIpc) is 2.59. The number of nitrogens with zero attached hydrogens (tertiary/aromatic N) is 1. The monoisotopic (exact) mass is 265 g/mol. The summed E-state index contributed by atoms with van der Waals surface area (Å²) in [6, 6.07) is 7.00. The van der Waals surface area contributed by atoms with Crippen molar-refractivity contribution in [1.82, 2.24) is 0 Å². The van der Waals surface area contributed by atoms with Gasteiger partial charge in [0.05, 0.1) is 22.6 Å². The summed E-state index contributed by atoms with van der Waals surface area (Å²) in [4.78, 5) is 12.0. The second-order valence-electron chi connectivity index (χ2n) is 4.52. The van der Waals surface area contributed by atoms with Crippen molar-refractivity contribution in [2.24, 2.45) is 0 Å². The maximum atomic E-state index is 12.0. The van der Waals surface area contributed by atoms with Gasteiger partial charge in [0.15, 0.2) is 0 Å². The van der Waals surface area contributed by atoms with Gasteiger partial charge in [0.25, 0.3) is 0 Å². The van der Waals surface area contributed by atoms with Crippen LogP contribution in [0.5, 0.6) is 0 Å². The number of hydrogen-bond acceptors (Lipinski definition) is 4. The number of benzene rings is 1. The summed E-state index contributed by atoms with van der Waals surface area (Å²) in [6.45, 7) is 0.950. The van der Waals surface area contributed by atoms with Crippen molar-refractivity contribution < 1.29 is 9.15 Å². The summed E-state index contributed by atoms with van der Waals surface area (Å²) < 4.78 is 10.7. The summed E-state index contributed by atoms with van der Waals surface area (Å²) in [5.74, 6) is 6.50. The van der Waals surface area contributed by atoms with Crippen LogP contribution in [0.3, 0.4) is 0 Å². The van der Waals surface area contributed by atoms with E-state index in [1.807, 2.05) is 0 Å². The molecule has 2 aromatic rings. The van der Waals surface area contributed by atoms with E-state index >= 15 is 0 Å². The molecule has 0 unspecified atom stereocenters. The summed E-state index contributed by atoms with van der Waals surface area (Å²) in [5.41, 5.74) is 0.815. The van der Waals surface area contributed by atoms with E-state index in [4.69, 9.17) is 14.4 Å². The minimum Gasteiger partial charge on any atom is -0.426 e. The molecule has 2 heterocycles. The lowest BCUT2D eigenvalue weighted by atomic mass is 10.0. The highest BCUT2D eigenvalue weighted by atomic mass is 16.5. The van der Waals surface area contributed by atoms with Crippen molar-refractivity contribution in [3.05, 3.63) is 45.5 Å². The SMILES string of the molecule is N#Cc1ccc2c(=O)oc3c(c2c1)C#CCOCCC3. The van der Waals surface area contributed by atoms with Crippen LogP contribution in [0.2, 0.25) is 0 Å². The Labute approximate surface area is 115 Å². The van der Waals surface area contributed by atoms with Crippen molar-refractivity contribution in [2.45, 2.75) is 12.8 Å². The standard InChI is InChI=1S/C16H11NO3/c17-10-11-5-6-13-14(9-11)12-3-1-7-19-8-2-4-15(12)20-16(13)18/h5-6,9H,2,4,7-8H2. The molecule has 1 aliphatic rings. The Morgan fingerprint density at radius 1 is 1.30 bits per heavy atom. The van der Waals surface area contributed by atoms with Gasteiger partial charge in [0.2, 0.25) is 0 Å². The van der Waals surface area contributed by atoms with Gasteiger partial charge in [-0.1, -0.05) is 11.8 Å². The second kappa shape index (κ2) is 5.21. The number of nitriles is 1. The largest absolute Gasteiger partial charge is 0.426 e. The van der Waals surface area contributed by atoms with Gasteiger partial charge >= 0.3 is 5.63 Å². The van der Waals surface area contributed by atoms with Gasteiger partial charge in [-0.25, -0.2) is 4.79 Å². The molecule has 0 saturated carbocycles. The van der Waals surface area contributed by atoms with Crippen LogP contribution in [0, 0.1) is 23.2 Å². The highest BCUT2D eigenvalue weighted by Crippen LogP contribution is 2.22. The van der Waals surface area contributed by atoms with E-state index in [0.29, 0.717) is 47.3 Å². The van der Waals surface area contributed by atoms with Crippen LogP contribution in [-0.2, 0) is 11.2 Å². The van der Waals surface area contributed by atoms with Crippen molar-refractivity contribution in [3.8, 4) is 17.9 Å². The molecule has 0 amide bonds. The molecule has 0 atom stereocenters. The van der Waals surface area contributed by atoms with Gasteiger partial charge in [0, 0.05) is 18.4 Å². The van der Waals surface area contributed by atoms with Crippen LogP contribution < -0.4 is 5.63 Å². The van der Waals surface area contributed by atoms with Gasteiger partial charge in [0.1, 0.15) is 12.4 Å². The molecule has 0 bridgehead atoms. The zero-order chi connectivity index (χ0) is 13.9. The van der Waals surface area contributed by atoms with Crippen LogP contribution in [-0.4, -0.2) is 13.2 Å². The quantitative estimate of drug-likeness (QED) is 0.683. The van der Waals surface area contributed by atoms with Crippen LogP contribution in [0.1, 0.15) is 23.3 Å². The first-order valence-corrected chi connectivity index (χ1v) is 6.36. The van der Waals surface area contributed by atoms with E-state index < -0.39 is 0 Å². The summed E-state index contributed by atoms with van der Waals surface area (Å²) in [6.07, 6.45) is 1.37. The summed E-state index contributed by atoms with van der Waals surface area (Å²) in [7, 11) is 0. The predicted octanol–water partition coefficient (Wildman–Crippen LogP) is 1.98. The lowest BCUT2D eigenvalue weighted by Gasteiger charge is -2.06. The van der Waals surface area contributed by atoms with Gasteiger partial charge in [-0.2, -0.15) is 5.26 Å². The number of aryl methyl sites for hydroxylation is 1. The van der Waals surface area contributed by atoms with Crippen LogP contribution in [0.4, 0.5) is 0 Å². The lowest BCUT2D eigenvalue weighted by Crippen LogP contribution is -2.06. The van der Waals surface area contributed by atoms with E-state index in [1.165, 1.54) is 0 Å². The Kier molecular flexibility index (Phi) is 3.25. The van der Waals surface area contributed by atoms with Crippen molar-refractivity contribution >= 4 is 10.8 Å². The first kappa shape index (κ1) is 12.5. The minimum atomic E-state index is -0.384. The minimum absolute atomic E-state index is 0.359. The van der Waals surface area contributed by atoms with Crippen LogP contribution in [0.25, 0.3) is 10.8 Å². The number of ether oxygens (including phenoxy) is 1. The van der Waals surface area contributed by atoms with Crippen LogP contribution >= 0.6 is 0 Å². The Bertz CT molecular complexity index is 831. The van der Waals surface area contributed by atoms with Crippen molar-refractivity contribution in [1.29, 1.82) is 5.26 Å². The van der Waals surface area contributed by atoms with Gasteiger partial charge in [-0.3, -0.25) is 0 Å². The molecule has 0 N–H and O–H groups in total. The van der Waals surface area contributed by atoms with Crippen molar-refractivity contribution in [2.75, 3.05) is 13.2 Å². The maximum Gasteiger partial charge on any atom is 0.343 e. The fraction of sp³-hybridized carbons (Fsp3) is 0.250. The Morgan fingerprint density at radius 2 is 2.20 bits per heavy atom. The van der Waals surface area contributed by atoms with Gasteiger partial charge < -0.3 is 9.15 Å². The van der Waals surface area contributed by atoms with Gasteiger partial charge in [-0.05, 0) is 24.6 Å². The highest BCUT2D eigenvalue weighted by molar-refractivity contribution is 5.88. The molecule has 0 spiro atoms. The highest BCUT2D eigenvalue weighted by Gasteiger charge is 2.13. The number of fused-ring (bicyclic) bond motifs is 3. The molecule has 1 aromatic carbocycles. The van der Waals surface area contributed by atoms with Gasteiger partial charge in [-0.15, -0.1) is 0 Å². The molecular formula is C16H11NO3. The molecule has 98 valence electrons. The number of rotatable bonds is 0. The molecule has 20 heavy (non-hydrogen) atoms. The lowest BCUT2D eigenvalue weighted by molar-refractivity contribution is 0.163. The molecule has 1 aliphatic heterocycles. The zero-order valence-electron chi connectivity index (χ0n) is 10.7. The zero-order valence-corrected chi connectivity index (χ0v) is 10.7. The Balaban J connectivity index is 2.35. The molecule has 0 radical (unpaired) electrons. The molecule has 0 fully saturated rings. The number of hydrogen-bond donors (Lipinski definition) is 0. The van der Waals surface area contributed by atoms with Crippen molar-refractivity contribution in [3.63, 3.8) is 0 Å². The fourth-order valence-electron chi connectivity index (χ4n) is 2.26. The Hall–Kier alpha value is -2.56. The molecule has 4 nitrogen and oxygen atoms in total. The summed E-state index contributed by atoms with van der Waals surface area (Å²) >= 11 is 0. The Morgan fingerprint density at radius 3 is 3.05 bits per heavy atom. The summed E-state index contributed by atoms with van der Waals surface area (Å²) in [5, 5.41) is 10.1. The molecule has 0 saturated heterocycles. The topological polar surface area (TPSA) is 63.2 Å². The fourth-order valence-corrected chi connectivity index (χ4v) is 2.26.